The van der Waals surface area contributed by atoms with E-state index in [2.05, 4.69) is 36.5 Å². The number of benzene rings is 1. The van der Waals surface area contributed by atoms with E-state index in [9.17, 15) is 0 Å². The fourth-order valence-electron chi connectivity index (χ4n) is 1.75. The fourth-order valence-corrected chi connectivity index (χ4v) is 2.66. The lowest BCUT2D eigenvalue weighted by Crippen LogP contribution is -2.13. The van der Waals surface area contributed by atoms with Gasteiger partial charge in [0.05, 0.1) is 13.2 Å². The molecule has 4 heteroatoms. The molecule has 20 heavy (non-hydrogen) atoms. The van der Waals surface area contributed by atoms with Crippen LogP contribution >= 0.6 is 11.8 Å². The Bertz CT molecular complexity index is 347. The van der Waals surface area contributed by atoms with Gasteiger partial charge in [-0.3, -0.25) is 0 Å². The van der Waals surface area contributed by atoms with Gasteiger partial charge in [0, 0.05) is 30.9 Å². The van der Waals surface area contributed by atoms with E-state index in [1.807, 2.05) is 11.8 Å². The lowest BCUT2D eigenvalue weighted by Gasteiger charge is -2.07. The molecule has 1 aromatic carbocycles. The monoisotopic (exact) mass is 297 g/mol. The summed E-state index contributed by atoms with van der Waals surface area (Å²) in [6.45, 7) is 6.42. The van der Waals surface area contributed by atoms with Crippen LogP contribution in [0.1, 0.15) is 25.3 Å². The number of ether oxygens (including phenoxy) is 2. The van der Waals surface area contributed by atoms with E-state index in [-0.39, 0.29) is 0 Å². The van der Waals surface area contributed by atoms with Gasteiger partial charge in [0.15, 0.2) is 0 Å². The third-order valence-electron chi connectivity index (χ3n) is 2.79. The Balaban J connectivity index is 2.14. The fraction of sp³-hybridized carbons (Fsp3) is 0.625. The predicted octanol–water partition coefficient (Wildman–Crippen LogP) is 3.33. The van der Waals surface area contributed by atoms with Gasteiger partial charge in [0.1, 0.15) is 0 Å². The van der Waals surface area contributed by atoms with Crippen LogP contribution in [0.2, 0.25) is 0 Å². The molecule has 0 unspecified atom stereocenters. The van der Waals surface area contributed by atoms with E-state index in [1.165, 1.54) is 16.9 Å². The molecule has 0 aromatic heterocycles. The van der Waals surface area contributed by atoms with E-state index < -0.39 is 0 Å². The molecule has 3 nitrogen and oxygen atoms in total. The molecule has 0 atom stereocenters. The first kappa shape index (κ1) is 17.5. The first-order valence-electron chi connectivity index (χ1n) is 7.36. The summed E-state index contributed by atoms with van der Waals surface area (Å²) < 4.78 is 10.4. The van der Waals surface area contributed by atoms with Crippen LogP contribution in [0.4, 0.5) is 0 Å². The summed E-state index contributed by atoms with van der Waals surface area (Å²) in [6, 6.07) is 8.78. The van der Waals surface area contributed by atoms with E-state index in [4.69, 9.17) is 9.47 Å². The maximum Gasteiger partial charge on any atom is 0.0700 e. The summed E-state index contributed by atoms with van der Waals surface area (Å²) in [5.74, 6) is 1.10. The second-order valence-corrected chi connectivity index (χ2v) is 5.80. The van der Waals surface area contributed by atoms with Crippen molar-refractivity contribution in [2.45, 2.75) is 31.2 Å². The molecule has 0 amide bonds. The molecule has 0 saturated carbocycles. The molecule has 1 N–H and O–H groups in total. The second-order valence-electron chi connectivity index (χ2n) is 4.63. The minimum Gasteiger partial charge on any atom is -0.382 e. The maximum absolute atomic E-state index is 5.45. The Kier molecular flexibility index (Phi) is 10.7. The Morgan fingerprint density at radius 1 is 1.20 bits per heavy atom. The summed E-state index contributed by atoms with van der Waals surface area (Å²) in [5.41, 5.74) is 1.36. The van der Waals surface area contributed by atoms with Crippen molar-refractivity contribution in [3.05, 3.63) is 29.8 Å². The minimum atomic E-state index is 0.681. The Labute approximate surface area is 127 Å². The van der Waals surface area contributed by atoms with Crippen molar-refractivity contribution in [1.82, 2.24) is 5.32 Å². The number of hydrogen-bond donors (Lipinski definition) is 1. The third kappa shape index (κ3) is 8.59. The molecule has 0 aliphatic carbocycles. The zero-order chi connectivity index (χ0) is 14.5. The molecule has 0 aliphatic heterocycles. The molecule has 0 saturated heterocycles. The van der Waals surface area contributed by atoms with E-state index in [0.29, 0.717) is 13.2 Å². The van der Waals surface area contributed by atoms with Crippen LogP contribution in [0.15, 0.2) is 29.2 Å². The van der Waals surface area contributed by atoms with Gasteiger partial charge in [-0.05, 0) is 37.1 Å². The molecule has 1 aromatic rings. The van der Waals surface area contributed by atoms with Gasteiger partial charge in [0.2, 0.25) is 0 Å². The summed E-state index contributed by atoms with van der Waals surface area (Å²) >= 11 is 1.90. The van der Waals surface area contributed by atoms with E-state index >= 15 is 0 Å². The Morgan fingerprint density at radius 2 is 2.10 bits per heavy atom. The van der Waals surface area contributed by atoms with Crippen LogP contribution in [0.25, 0.3) is 0 Å². The zero-order valence-electron chi connectivity index (χ0n) is 12.7. The highest BCUT2D eigenvalue weighted by atomic mass is 32.2. The van der Waals surface area contributed by atoms with Gasteiger partial charge >= 0.3 is 0 Å². The van der Waals surface area contributed by atoms with Crippen molar-refractivity contribution in [2.75, 3.05) is 39.2 Å². The molecular formula is C16H27NO2S. The highest BCUT2D eigenvalue weighted by molar-refractivity contribution is 7.99. The van der Waals surface area contributed by atoms with Gasteiger partial charge in [0.25, 0.3) is 0 Å². The molecule has 0 spiro atoms. The summed E-state index contributed by atoms with van der Waals surface area (Å²) in [4.78, 5) is 1.35. The lowest BCUT2D eigenvalue weighted by atomic mass is 10.2. The zero-order valence-corrected chi connectivity index (χ0v) is 13.5. The van der Waals surface area contributed by atoms with Crippen molar-refractivity contribution in [2.24, 2.45) is 0 Å². The van der Waals surface area contributed by atoms with E-state index in [1.54, 1.807) is 7.11 Å². The topological polar surface area (TPSA) is 30.5 Å². The first-order valence-corrected chi connectivity index (χ1v) is 8.34. The smallest absolute Gasteiger partial charge is 0.0700 e. The normalized spacial score (nSPS) is 10.9. The van der Waals surface area contributed by atoms with Crippen molar-refractivity contribution in [3.8, 4) is 0 Å². The standard InChI is InChI=1S/C16H27NO2S/c1-3-8-17-14-15-6-4-7-16(13-15)20-12-5-9-19-11-10-18-2/h4,6-7,13,17H,3,5,8-12,14H2,1-2H3. The highest BCUT2D eigenvalue weighted by Crippen LogP contribution is 2.19. The van der Waals surface area contributed by atoms with Crippen LogP contribution in [0.3, 0.4) is 0 Å². The summed E-state index contributed by atoms with van der Waals surface area (Å²) in [7, 11) is 1.70. The quantitative estimate of drug-likeness (QED) is 0.473. The molecule has 0 aliphatic rings. The largest absolute Gasteiger partial charge is 0.382 e. The maximum atomic E-state index is 5.45. The molecule has 0 heterocycles. The number of methoxy groups -OCH3 is 1. The van der Waals surface area contributed by atoms with Crippen LogP contribution in [0, 0.1) is 0 Å². The van der Waals surface area contributed by atoms with Gasteiger partial charge < -0.3 is 14.8 Å². The molecule has 1 rings (SSSR count). The van der Waals surface area contributed by atoms with Crippen molar-refractivity contribution in [3.63, 3.8) is 0 Å². The summed E-state index contributed by atoms with van der Waals surface area (Å²) in [5, 5.41) is 3.43. The van der Waals surface area contributed by atoms with Gasteiger partial charge in [-0.2, -0.15) is 0 Å². The average molecular weight is 297 g/mol. The van der Waals surface area contributed by atoms with Gasteiger partial charge in [-0.1, -0.05) is 19.1 Å². The number of rotatable bonds is 12. The van der Waals surface area contributed by atoms with Crippen LogP contribution < -0.4 is 5.32 Å². The van der Waals surface area contributed by atoms with Crippen molar-refractivity contribution < 1.29 is 9.47 Å². The average Bonchev–Trinajstić information content (AvgIpc) is 2.47. The molecule has 0 radical (unpaired) electrons. The van der Waals surface area contributed by atoms with Crippen LogP contribution in [0.5, 0.6) is 0 Å². The number of thioether (sulfide) groups is 1. The molecule has 0 fully saturated rings. The number of nitrogens with one attached hydrogen (secondary N) is 1. The van der Waals surface area contributed by atoms with Crippen LogP contribution in [-0.2, 0) is 16.0 Å². The predicted molar refractivity (Wildman–Crippen MR) is 86.5 cm³/mol. The third-order valence-corrected chi connectivity index (χ3v) is 3.87. The second kappa shape index (κ2) is 12.2. The Hall–Kier alpha value is -0.550. The molecular weight excluding hydrogens is 270 g/mol. The van der Waals surface area contributed by atoms with E-state index in [0.717, 1.165) is 31.9 Å². The highest BCUT2D eigenvalue weighted by Gasteiger charge is 1.97. The van der Waals surface area contributed by atoms with Crippen molar-refractivity contribution >= 4 is 11.8 Å². The van der Waals surface area contributed by atoms with Crippen LogP contribution in [-0.4, -0.2) is 39.2 Å². The SMILES string of the molecule is CCCNCc1cccc(SCCCOCCOC)c1. The Morgan fingerprint density at radius 3 is 2.90 bits per heavy atom. The molecule has 114 valence electrons. The van der Waals surface area contributed by atoms with Gasteiger partial charge in [-0.15, -0.1) is 11.8 Å². The summed E-state index contributed by atoms with van der Waals surface area (Å²) in [6.07, 6.45) is 2.25. The van der Waals surface area contributed by atoms with Crippen molar-refractivity contribution in [1.29, 1.82) is 0 Å². The number of hydrogen-bond acceptors (Lipinski definition) is 4. The molecule has 0 bridgehead atoms. The van der Waals surface area contributed by atoms with Gasteiger partial charge in [-0.25, -0.2) is 0 Å². The lowest BCUT2D eigenvalue weighted by molar-refractivity contribution is 0.0713. The first-order chi connectivity index (χ1) is 9.86. The minimum absolute atomic E-state index is 0.681.